The molecule has 0 saturated heterocycles. The number of rotatable bonds is 12. The number of hydrogen-bond donors (Lipinski definition) is 2. The van der Waals surface area contributed by atoms with E-state index in [-0.39, 0.29) is 22.8 Å². The first-order valence-electron chi connectivity index (χ1n) is 9.75. The minimum absolute atomic E-state index is 0.105. The number of carbonyl (C=O) groups is 1. The molecule has 2 unspecified atom stereocenters. The average molecular weight is 390 g/mol. The summed E-state index contributed by atoms with van der Waals surface area (Å²) in [6.45, 7) is 18.2. The van der Waals surface area contributed by atoms with Crippen LogP contribution in [-0.4, -0.2) is 63.6 Å². The minimum Gasteiger partial charge on any atom is -0.391 e. The largest absolute Gasteiger partial charge is 0.391 e. The Labute approximate surface area is 162 Å². The summed E-state index contributed by atoms with van der Waals surface area (Å²) in [5, 5.41) is 13.8. The number of carbonyl (C=O) groups excluding carboxylic acids is 1. The van der Waals surface area contributed by atoms with Gasteiger partial charge in [0.15, 0.2) is 5.78 Å². The highest BCUT2D eigenvalue weighted by molar-refractivity contribution is 6.77. The van der Waals surface area contributed by atoms with E-state index in [0.717, 1.165) is 18.5 Å². The topological polar surface area (TPSA) is 67.8 Å². The Kier molecular flexibility index (Phi) is 10.8. The molecule has 0 fully saturated rings. The van der Waals surface area contributed by atoms with E-state index in [0.29, 0.717) is 19.8 Å². The SMILES string of the molecule is COCCOCC(O)C[Si](C)(C)CCC(NC(C)(C)C)C(=O)C(C)(C)C. The molecule has 0 aromatic rings. The first-order chi connectivity index (χ1) is 11.7. The Morgan fingerprint density at radius 3 is 2.15 bits per heavy atom. The molecule has 0 aliphatic heterocycles. The van der Waals surface area contributed by atoms with Crippen molar-refractivity contribution < 1.29 is 19.4 Å². The molecule has 2 N–H and O–H groups in total. The second kappa shape index (κ2) is 10.9. The number of nitrogens with one attached hydrogen (secondary N) is 1. The highest BCUT2D eigenvalue weighted by Crippen LogP contribution is 2.25. The highest BCUT2D eigenvalue weighted by atomic mass is 28.3. The van der Waals surface area contributed by atoms with Crippen molar-refractivity contribution in [1.82, 2.24) is 5.32 Å². The average Bonchev–Trinajstić information content (AvgIpc) is 2.44. The van der Waals surface area contributed by atoms with Crippen LogP contribution in [0.15, 0.2) is 0 Å². The van der Waals surface area contributed by atoms with Gasteiger partial charge in [0.1, 0.15) is 0 Å². The zero-order chi connectivity index (χ0) is 20.6. The molecular weight excluding hydrogens is 346 g/mol. The molecular formula is C20H43NO4Si. The van der Waals surface area contributed by atoms with Gasteiger partial charge in [0.05, 0.1) is 40.0 Å². The van der Waals surface area contributed by atoms with Crippen LogP contribution in [0.3, 0.4) is 0 Å². The predicted octanol–water partition coefficient (Wildman–Crippen LogP) is 3.48. The smallest absolute Gasteiger partial charge is 0.155 e. The lowest BCUT2D eigenvalue weighted by molar-refractivity contribution is -0.129. The summed E-state index contributed by atoms with van der Waals surface area (Å²) < 4.78 is 10.4. The fraction of sp³-hybridized carbons (Fsp3) is 0.950. The van der Waals surface area contributed by atoms with Crippen LogP contribution >= 0.6 is 0 Å². The van der Waals surface area contributed by atoms with Crippen molar-refractivity contribution >= 4 is 13.9 Å². The standard InChI is InChI=1S/C20H43NO4Si/c1-19(2,3)18(23)17(21-20(4,5)6)10-13-26(8,9)15-16(22)14-25-12-11-24-7/h16-17,21-22H,10-15H2,1-9H3. The molecule has 26 heavy (non-hydrogen) atoms. The molecule has 0 heterocycles. The van der Waals surface area contributed by atoms with E-state index in [1.807, 2.05) is 20.8 Å². The summed E-state index contributed by atoms with van der Waals surface area (Å²) in [5.41, 5.74) is -0.463. The van der Waals surface area contributed by atoms with Crippen LogP contribution in [0.4, 0.5) is 0 Å². The normalized spacial score (nSPS) is 15.8. The molecule has 5 nitrogen and oxygen atoms in total. The van der Waals surface area contributed by atoms with E-state index < -0.39 is 14.2 Å². The number of hydrogen-bond acceptors (Lipinski definition) is 5. The van der Waals surface area contributed by atoms with Crippen molar-refractivity contribution in [2.45, 2.75) is 90.8 Å². The molecule has 0 spiro atoms. The Morgan fingerprint density at radius 2 is 1.69 bits per heavy atom. The maximum atomic E-state index is 12.9. The first kappa shape index (κ1) is 25.7. The van der Waals surface area contributed by atoms with Gasteiger partial charge in [-0.25, -0.2) is 0 Å². The molecule has 0 saturated carbocycles. The fourth-order valence-corrected chi connectivity index (χ4v) is 5.68. The van der Waals surface area contributed by atoms with Gasteiger partial charge in [-0.2, -0.15) is 0 Å². The predicted molar refractivity (Wildman–Crippen MR) is 112 cm³/mol. The van der Waals surface area contributed by atoms with E-state index in [1.54, 1.807) is 7.11 Å². The van der Waals surface area contributed by atoms with Crippen LogP contribution in [0.5, 0.6) is 0 Å². The van der Waals surface area contributed by atoms with Gasteiger partial charge in [-0.15, -0.1) is 0 Å². The van der Waals surface area contributed by atoms with Crippen molar-refractivity contribution in [3.05, 3.63) is 0 Å². The second-order valence-electron chi connectivity index (χ2n) is 10.2. The monoisotopic (exact) mass is 389 g/mol. The van der Waals surface area contributed by atoms with Crippen LogP contribution in [0.1, 0.15) is 48.0 Å². The lowest BCUT2D eigenvalue weighted by atomic mass is 9.84. The van der Waals surface area contributed by atoms with E-state index in [9.17, 15) is 9.90 Å². The third-order valence-electron chi connectivity index (χ3n) is 4.30. The van der Waals surface area contributed by atoms with Crippen LogP contribution in [0.2, 0.25) is 25.2 Å². The maximum absolute atomic E-state index is 12.9. The van der Waals surface area contributed by atoms with Gasteiger partial charge in [0.25, 0.3) is 0 Å². The minimum atomic E-state index is -1.63. The van der Waals surface area contributed by atoms with Crippen LogP contribution in [-0.2, 0) is 14.3 Å². The number of methoxy groups -OCH3 is 1. The van der Waals surface area contributed by atoms with Gasteiger partial charge in [-0.3, -0.25) is 4.79 Å². The third-order valence-corrected chi connectivity index (χ3v) is 7.52. The van der Waals surface area contributed by atoms with Crippen molar-refractivity contribution in [1.29, 1.82) is 0 Å². The Hall–Kier alpha value is -0.273. The Bertz CT molecular complexity index is 413. The summed E-state index contributed by atoms with van der Waals surface area (Å²) in [7, 11) is 0.00418. The van der Waals surface area contributed by atoms with Crippen molar-refractivity contribution in [3.8, 4) is 0 Å². The molecule has 0 amide bonds. The second-order valence-corrected chi connectivity index (χ2v) is 15.4. The van der Waals surface area contributed by atoms with Gasteiger partial charge in [0, 0.05) is 18.1 Å². The van der Waals surface area contributed by atoms with Crippen LogP contribution in [0, 0.1) is 5.41 Å². The van der Waals surface area contributed by atoms with Gasteiger partial charge < -0.3 is 19.9 Å². The zero-order valence-corrected chi connectivity index (χ0v) is 19.6. The molecule has 156 valence electrons. The lowest BCUT2D eigenvalue weighted by Crippen LogP contribution is -2.51. The molecule has 6 heteroatoms. The van der Waals surface area contributed by atoms with Crippen LogP contribution < -0.4 is 5.32 Å². The molecule has 0 rings (SSSR count). The summed E-state index contributed by atoms with van der Waals surface area (Å²) >= 11 is 0. The molecule has 0 aliphatic carbocycles. The Morgan fingerprint density at radius 1 is 1.12 bits per heavy atom. The molecule has 0 aromatic heterocycles. The summed E-state index contributed by atoms with van der Waals surface area (Å²) in [5.74, 6) is 0.265. The summed E-state index contributed by atoms with van der Waals surface area (Å²) in [6.07, 6.45) is 0.380. The number of aliphatic hydroxyl groups excluding tert-OH is 1. The zero-order valence-electron chi connectivity index (χ0n) is 18.6. The first-order valence-corrected chi connectivity index (χ1v) is 13.2. The number of ether oxygens (including phenoxy) is 2. The quantitative estimate of drug-likeness (QED) is 0.395. The number of aliphatic hydroxyl groups is 1. The third kappa shape index (κ3) is 12.2. The Balaban J connectivity index is 4.69. The molecule has 2 atom stereocenters. The van der Waals surface area contributed by atoms with E-state index in [1.165, 1.54) is 0 Å². The van der Waals surface area contributed by atoms with Gasteiger partial charge in [-0.05, 0) is 33.2 Å². The highest BCUT2D eigenvalue weighted by Gasteiger charge is 2.34. The van der Waals surface area contributed by atoms with E-state index >= 15 is 0 Å². The van der Waals surface area contributed by atoms with Crippen LogP contribution in [0.25, 0.3) is 0 Å². The van der Waals surface area contributed by atoms with Crippen molar-refractivity contribution in [3.63, 3.8) is 0 Å². The lowest BCUT2D eigenvalue weighted by Gasteiger charge is -2.34. The van der Waals surface area contributed by atoms with E-state index in [4.69, 9.17) is 9.47 Å². The number of ketones is 1. The van der Waals surface area contributed by atoms with E-state index in [2.05, 4.69) is 39.2 Å². The molecule has 0 aliphatic rings. The van der Waals surface area contributed by atoms with Crippen molar-refractivity contribution in [2.24, 2.45) is 5.41 Å². The molecule has 0 bridgehead atoms. The number of Topliss-reactive ketones (excluding diaryl/α,β-unsaturated/α-hetero) is 1. The van der Waals surface area contributed by atoms with Crippen molar-refractivity contribution in [2.75, 3.05) is 26.9 Å². The van der Waals surface area contributed by atoms with Gasteiger partial charge >= 0.3 is 0 Å². The molecule has 0 aromatic carbocycles. The molecule has 0 radical (unpaired) electrons. The maximum Gasteiger partial charge on any atom is 0.155 e. The van der Waals surface area contributed by atoms with Gasteiger partial charge in [0.2, 0.25) is 0 Å². The van der Waals surface area contributed by atoms with Gasteiger partial charge in [-0.1, -0.05) is 39.9 Å². The summed E-state index contributed by atoms with van der Waals surface area (Å²) in [6, 6.07) is 1.64. The summed E-state index contributed by atoms with van der Waals surface area (Å²) in [4.78, 5) is 12.9. The fourth-order valence-electron chi connectivity index (χ4n) is 3.01.